The molecular weight excluding hydrogens is 318 g/mol. The van der Waals surface area contributed by atoms with E-state index in [1.807, 2.05) is 0 Å². The molecular formula is C16H21NO5S. The van der Waals surface area contributed by atoms with E-state index < -0.39 is 16.1 Å². The largest absolute Gasteiger partial charge is 0.496 e. The number of nitrogens with one attached hydrogen (secondary N) is 1. The normalized spacial score (nSPS) is 13.1. The van der Waals surface area contributed by atoms with Crippen molar-refractivity contribution in [2.45, 2.75) is 31.8 Å². The van der Waals surface area contributed by atoms with Crippen LogP contribution in [0.25, 0.3) is 0 Å². The Kier molecular flexibility index (Phi) is 5.13. The third-order valence-electron chi connectivity index (χ3n) is 3.50. The van der Waals surface area contributed by atoms with Gasteiger partial charge in [-0.05, 0) is 56.2 Å². The van der Waals surface area contributed by atoms with Crippen LogP contribution in [0.4, 0.5) is 0 Å². The molecule has 1 heterocycles. The van der Waals surface area contributed by atoms with Gasteiger partial charge in [0, 0.05) is 6.54 Å². The molecule has 2 N–H and O–H groups in total. The van der Waals surface area contributed by atoms with Crippen molar-refractivity contribution in [2.75, 3.05) is 13.7 Å². The minimum absolute atomic E-state index is 0.135. The maximum absolute atomic E-state index is 12.4. The first kappa shape index (κ1) is 17.5. The van der Waals surface area contributed by atoms with E-state index in [9.17, 15) is 13.5 Å². The summed E-state index contributed by atoms with van der Waals surface area (Å²) in [7, 11) is -2.19. The summed E-state index contributed by atoms with van der Waals surface area (Å²) in [5.74, 6) is 1.64. The van der Waals surface area contributed by atoms with Crippen LogP contribution in [0.3, 0.4) is 0 Å². The summed E-state index contributed by atoms with van der Waals surface area (Å²) in [6, 6.07) is 6.41. The highest BCUT2D eigenvalue weighted by Crippen LogP contribution is 2.26. The van der Waals surface area contributed by atoms with Gasteiger partial charge in [0.2, 0.25) is 10.0 Å². The fourth-order valence-electron chi connectivity index (χ4n) is 2.39. The lowest BCUT2D eigenvalue weighted by molar-refractivity contribution is 0.152. The molecule has 2 rings (SSSR count). The van der Waals surface area contributed by atoms with Crippen molar-refractivity contribution in [3.63, 3.8) is 0 Å². The van der Waals surface area contributed by atoms with Gasteiger partial charge in [-0.25, -0.2) is 13.1 Å². The molecule has 0 fully saturated rings. The number of furan rings is 1. The van der Waals surface area contributed by atoms with E-state index in [4.69, 9.17) is 9.15 Å². The van der Waals surface area contributed by atoms with E-state index in [-0.39, 0.29) is 11.4 Å². The number of sulfonamides is 1. The Morgan fingerprint density at radius 3 is 2.30 bits per heavy atom. The lowest BCUT2D eigenvalue weighted by atomic mass is 10.1. The number of hydrogen-bond acceptors (Lipinski definition) is 5. The fraction of sp³-hybridized carbons (Fsp3) is 0.375. The zero-order valence-electron chi connectivity index (χ0n) is 13.6. The minimum Gasteiger partial charge on any atom is -0.496 e. The molecule has 2 aromatic rings. The van der Waals surface area contributed by atoms with Gasteiger partial charge in [0.15, 0.2) is 0 Å². The molecule has 6 nitrogen and oxygen atoms in total. The summed E-state index contributed by atoms with van der Waals surface area (Å²) in [6.07, 6.45) is -1.04. The van der Waals surface area contributed by atoms with Gasteiger partial charge in [-0.15, -0.1) is 0 Å². The van der Waals surface area contributed by atoms with Crippen molar-refractivity contribution in [1.82, 2.24) is 4.72 Å². The predicted molar refractivity (Wildman–Crippen MR) is 86.1 cm³/mol. The Bertz CT molecular complexity index is 772. The number of aliphatic hydroxyl groups is 1. The minimum atomic E-state index is -3.73. The van der Waals surface area contributed by atoms with E-state index in [2.05, 4.69) is 4.72 Å². The van der Waals surface area contributed by atoms with Crippen LogP contribution < -0.4 is 9.46 Å². The van der Waals surface area contributed by atoms with Gasteiger partial charge in [-0.1, -0.05) is 0 Å². The second kappa shape index (κ2) is 6.74. The Morgan fingerprint density at radius 2 is 1.83 bits per heavy atom. The van der Waals surface area contributed by atoms with Crippen molar-refractivity contribution < 1.29 is 22.7 Å². The zero-order chi connectivity index (χ0) is 17.2. The van der Waals surface area contributed by atoms with Gasteiger partial charge >= 0.3 is 0 Å². The van der Waals surface area contributed by atoms with Crippen LogP contribution in [0.1, 0.15) is 28.8 Å². The summed E-state index contributed by atoms with van der Waals surface area (Å²) in [5, 5.41) is 9.99. The molecule has 23 heavy (non-hydrogen) atoms. The first-order valence-corrected chi connectivity index (χ1v) is 8.62. The summed E-state index contributed by atoms with van der Waals surface area (Å²) >= 11 is 0. The summed E-state index contributed by atoms with van der Waals surface area (Å²) < 4.78 is 37.7. The molecule has 7 heteroatoms. The molecule has 1 aromatic carbocycles. The maximum Gasteiger partial charge on any atom is 0.240 e. The molecule has 0 amide bonds. The fourth-order valence-corrected chi connectivity index (χ4v) is 3.60. The highest BCUT2D eigenvalue weighted by molar-refractivity contribution is 7.89. The van der Waals surface area contributed by atoms with E-state index in [0.29, 0.717) is 17.3 Å². The Balaban J connectivity index is 2.16. The summed E-state index contributed by atoms with van der Waals surface area (Å²) in [5.41, 5.74) is 1.46. The lowest BCUT2D eigenvalue weighted by Crippen LogP contribution is -2.28. The molecule has 0 aliphatic heterocycles. The van der Waals surface area contributed by atoms with Crippen molar-refractivity contribution in [3.05, 3.63) is 46.9 Å². The van der Waals surface area contributed by atoms with Crippen LogP contribution in [0.5, 0.6) is 5.75 Å². The van der Waals surface area contributed by atoms with Crippen LogP contribution in [0.2, 0.25) is 0 Å². The highest BCUT2D eigenvalue weighted by atomic mass is 32.2. The van der Waals surface area contributed by atoms with Gasteiger partial charge in [-0.2, -0.15) is 0 Å². The molecule has 0 spiro atoms. The number of hydrogen-bond donors (Lipinski definition) is 2. The number of benzene rings is 1. The van der Waals surface area contributed by atoms with Crippen molar-refractivity contribution in [2.24, 2.45) is 0 Å². The van der Waals surface area contributed by atoms with Crippen LogP contribution >= 0.6 is 0 Å². The Labute approximate surface area is 136 Å². The second-order valence-corrected chi connectivity index (χ2v) is 7.17. The number of methoxy groups -OCH3 is 1. The monoisotopic (exact) mass is 339 g/mol. The zero-order valence-corrected chi connectivity index (χ0v) is 14.4. The molecule has 126 valence electrons. The summed E-state index contributed by atoms with van der Waals surface area (Å²) in [6.45, 7) is 5.15. The third kappa shape index (κ3) is 3.93. The van der Waals surface area contributed by atoms with Crippen LogP contribution in [0, 0.1) is 20.8 Å². The van der Waals surface area contributed by atoms with Gasteiger partial charge in [0.25, 0.3) is 0 Å². The van der Waals surface area contributed by atoms with E-state index in [1.54, 1.807) is 40.0 Å². The molecule has 1 unspecified atom stereocenters. The summed E-state index contributed by atoms with van der Waals surface area (Å²) in [4.78, 5) is 0.135. The maximum atomic E-state index is 12.4. The van der Waals surface area contributed by atoms with E-state index >= 15 is 0 Å². The first-order chi connectivity index (χ1) is 10.7. The lowest BCUT2D eigenvalue weighted by Gasteiger charge is -2.13. The molecule has 0 saturated carbocycles. The van der Waals surface area contributed by atoms with Gasteiger partial charge < -0.3 is 14.3 Å². The standard InChI is InChI=1S/C16H21NO5S/c1-10-7-13(8-11(2)16(10)21-4)23(19,20)17-9-14(18)15-6-5-12(3)22-15/h5-8,14,17-18H,9H2,1-4H3. The molecule has 0 bridgehead atoms. The molecule has 0 aliphatic carbocycles. The number of aliphatic hydroxyl groups excluding tert-OH is 1. The quantitative estimate of drug-likeness (QED) is 0.842. The van der Waals surface area contributed by atoms with Crippen molar-refractivity contribution >= 4 is 10.0 Å². The molecule has 0 saturated heterocycles. The molecule has 0 radical (unpaired) electrons. The topological polar surface area (TPSA) is 88.8 Å². The smallest absolute Gasteiger partial charge is 0.240 e. The molecule has 1 aromatic heterocycles. The van der Waals surface area contributed by atoms with Gasteiger partial charge in [-0.3, -0.25) is 0 Å². The SMILES string of the molecule is COc1c(C)cc(S(=O)(=O)NCC(O)c2ccc(C)o2)cc1C. The Morgan fingerprint density at radius 1 is 1.22 bits per heavy atom. The third-order valence-corrected chi connectivity index (χ3v) is 4.91. The van der Waals surface area contributed by atoms with E-state index in [1.165, 1.54) is 12.1 Å². The van der Waals surface area contributed by atoms with E-state index in [0.717, 1.165) is 11.1 Å². The molecule has 1 atom stereocenters. The second-order valence-electron chi connectivity index (χ2n) is 5.41. The van der Waals surface area contributed by atoms with Crippen molar-refractivity contribution in [1.29, 1.82) is 0 Å². The van der Waals surface area contributed by atoms with Crippen LogP contribution in [-0.2, 0) is 10.0 Å². The Hall–Kier alpha value is -1.83. The van der Waals surface area contributed by atoms with Crippen LogP contribution in [-0.4, -0.2) is 27.2 Å². The number of aryl methyl sites for hydroxylation is 3. The number of ether oxygens (including phenoxy) is 1. The predicted octanol–water partition coefficient (Wildman–Crippen LogP) is 2.23. The average molecular weight is 339 g/mol. The average Bonchev–Trinajstić information content (AvgIpc) is 2.91. The van der Waals surface area contributed by atoms with Crippen molar-refractivity contribution in [3.8, 4) is 5.75 Å². The first-order valence-electron chi connectivity index (χ1n) is 7.14. The van der Waals surface area contributed by atoms with Gasteiger partial charge in [0.05, 0.1) is 12.0 Å². The van der Waals surface area contributed by atoms with Crippen LogP contribution in [0.15, 0.2) is 33.6 Å². The van der Waals surface area contributed by atoms with Gasteiger partial charge in [0.1, 0.15) is 23.4 Å². The molecule has 0 aliphatic rings. The number of rotatable bonds is 6. The highest BCUT2D eigenvalue weighted by Gasteiger charge is 2.20.